The monoisotopic (exact) mass is 287 g/mol. The molecule has 108 valence electrons. The zero-order valence-corrected chi connectivity index (χ0v) is 11.4. The quantitative estimate of drug-likeness (QED) is 0.878. The molecule has 1 N–H and O–H groups in total. The minimum Gasteiger partial charge on any atom is -0.462 e. The molecular formula is C16H14FNO3. The minimum absolute atomic E-state index is 0.0564. The van der Waals surface area contributed by atoms with E-state index in [1.54, 1.807) is 31.2 Å². The summed E-state index contributed by atoms with van der Waals surface area (Å²) in [5.41, 5.74) is 0.663. The largest absolute Gasteiger partial charge is 0.462 e. The summed E-state index contributed by atoms with van der Waals surface area (Å²) in [6, 6.07) is 12.0. The standard InChI is InChI=1S/C16H14FNO3/c1-2-21-16(20)11-6-5-7-12(10-11)18-15(19)13-8-3-4-9-14(13)17/h3-10H,2H2,1H3,(H,18,19). The van der Waals surface area contributed by atoms with Crippen molar-refractivity contribution in [2.24, 2.45) is 0 Å². The highest BCUT2D eigenvalue weighted by molar-refractivity contribution is 6.05. The van der Waals surface area contributed by atoms with Crippen LogP contribution in [0.15, 0.2) is 48.5 Å². The van der Waals surface area contributed by atoms with Crippen LogP contribution in [0.5, 0.6) is 0 Å². The van der Waals surface area contributed by atoms with Gasteiger partial charge in [0.2, 0.25) is 0 Å². The number of rotatable bonds is 4. The van der Waals surface area contributed by atoms with Gasteiger partial charge in [0, 0.05) is 5.69 Å². The van der Waals surface area contributed by atoms with Gasteiger partial charge in [-0.25, -0.2) is 9.18 Å². The Morgan fingerprint density at radius 2 is 1.90 bits per heavy atom. The molecule has 1 amide bonds. The SMILES string of the molecule is CCOC(=O)c1cccc(NC(=O)c2ccccc2F)c1. The van der Waals surface area contributed by atoms with E-state index in [9.17, 15) is 14.0 Å². The van der Waals surface area contributed by atoms with Gasteiger partial charge in [-0.15, -0.1) is 0 Å². The molecule has 0 aromatic heterocycles. The first-order valence-electron chi connectivity index (χ1n) is 6.45. The van der Waals surface area contributed by atoms with E-state index >= 15 is 0 Å². The number of carbonyl (C=O) groups excluding carboxylic acids is 2. The number of carbonyl (C=O) groups is 2. The topological polar surface area (TPSA) is 55.4 Å². The Hall–Kier alpha value is -2.69. The van der Waals surface area contributed by atoms with E-state index in [0.29, 0.717) is 11.3 Å². The molecule has 0 radical (unpaired) electrons. The van der Waals surface area contributed by atoms with Gasteiger partial charge in [0.15, 0.2) is 0 Å². The summed E-state index contributed by atoms with van der Waals surface area (Å²) in [6.45, 7) is 1.98. The predicted molar refractivity (Wildman–Crippen MR) is 76.8 cm³/mol. The summed E-state index contributed by atoms with van der Waals surface area (Å²) in [6.07, 6.45) is 0. The molecule has 2 rings (SSSR count). The summed E-state index contributed by atoms with van der Waals surface area (Å²) in [7, 11) is 0. The molecule has 0 aliphatic heterocycles. The third-order valence-corrected chi connectivity index (χ3v) is 2.75. The first-order valence-corrected chi connectivity index (χ1v) is 6.45. The number of hydrogen-bond acceptors (Lipinski definition) is 3. The Morgan fingerprint density at radius 1 is 1.14 bits per heavy atom. The van der Waals surface area contributed by atoms with Crippen molar-refractivity contribution in [2.45, 2.75) is 6.92 Å². The van der Waals surface area contributed by atoms with Gasteiger partial charge in [0.05, 0.1) is 17.7 Å². The van der Waals surface area contributed by atoms with E-state index in [2.05, 4.69) is 5.32 Å². The molecule has 0 bridgehead atoms. The van der Waals surface area contributed by atoms with Gasteiger partial charge in [-0.05, 0) is 37.3 Å². The molecule has 4 nitrogen and oxygen atoms in total. The molecule has 0 aliphatic carbocycles. The molecule has 0 unspecified atom stereocenters. The van der Waals surface area contributed by atoms with Crippen molar-refractivity contribution < 1.29 is 18.7 Å². The van der Waals surface area contributed by atoms with Gasteiger partial charge in [-0.3, -0.25) is 4.79 Å². The predicted octanol–water partition coefficient (Wildman–Crippen LogP) is 3.25. The van der Waals surface area contributed by atoms with E-state index in [-0.39, 0.29) is 12.2 Å². The molecule has 2 aromatic carbocycles. The molecule has 0 aliphatic rings. The molecule has 0 fully saturated rings. The molecule has 0 atom stereocenters. The highest BCUT2D eigenvalue weighted by Crippen LogP contribution is 2.14. The smallest absolute Gasteiger partial charge is 0.338 e. The van der Waals surface area contributed by atoms with Gasteiger partial charge in [0.1, 0.15) is 5.82 Å². The zero-order valence-electron chi connectivity index (χ0n) is 11.4. The van der Waals surface area contributed by atoms with Crippen LogP contribution in [0, 0.1) is 5.82 Å². The van der Waals surface area contributed by atoms with Crippen LogP contribution in [0.25, 0.3) is 0 Å². The van der Waals surface area contributed by atoms with Crippen molar-refractivity contribution in [1.29, 1.82) is 0 Å². The fraction of sp³-hybridized carbons (Fsp3) is 0.125. The number of benzene rings is 2. The maximum atomic E-state index is 13.5. The first-order chi connectivity index (χ1) is 10.1. The molecule has 0 saturated heterocycles. The number of hydrogen-bond donors (Lipinski definition) is 1. The second kappa shape index (κ2) is 6.65. The number of amides is 1. The van der Waals surface area contributed by atoms with Crippen LogP contribution >= 0.6 is 0 Å². The Kier molecular flexibility index (Phi) is 4.66. The third-order valence-electron chi connectivity index (χ3n) is 2.75. The van der Waals surface area contributed by atoms with Crippen molar-refractivity contribution in [3.8, 4) is 0 Å². The fourth-order valence-electron chi connectivity index (χ4n) is 1.78. The van der Waals surface area contributed by atoms with Gasteiger partial charge < -0.3 is 10.1 Å². The van der Waals surface area contributed by atoms with E-state index in [1.807, 2.05) is 0 Å². The number of nitrogens with one attached hydrogen (secondary N) is 1. The lowest BCUT2D eigenvalue weighted by Gasteiger charge is -2.08. The van der Waals surface area contributed by atoms with Crippen LogP contribution in [0.3, 0.4) is 0 Å². The van der Waals surface area contributed by atoms with Gasteiger partial charge in [0.25, 0.3) is 5.91 Å². The second-order valence-electron chi connectivity index (χ2n) is 4.24. The second-order valence-corrected chi connectivity index (χ2v) is 4.24. The van der Waals surface area contributed by atoms with Crippen LogP contribution < -0.4 is 5.32 Å². The molecule has 2 aromatic rings. The highest BCUT2D eigenvalue weighted by Gasteiger charge is 2.12. The zero-order chi connectivity index (χ0) is 15.2. The van der Waals surface area contributed by atoms with Crippen LogP contribution in [-0.2, 0) is 4.74 Å². The Labute approximate surface area is 121 Å². The highest BCUT2D eigenvalue weighted by atomic mass is 19.1. The van der Waals surface area contributed by atoms with Gasteiger partial charge >= 0.3 is 5.97 Å². The van der Waals surface area contributed by atoms with Crippen LogP contribution in [0.2, 0.25) is 0 Å². The Bertz CT molecular complexity index is 670. The molecule has 0 heterocycles. The number of halogens is 1. The van der Waals surface area contributed by atoms with E-state index in [1.165, 1.54) is 24.3 Å². The maximum Gasteiger partial charge on any atom is 0.338 e. The maximum absolute atomic E-state index is 13.5. The summed E-state index contributed by atoms with van der Waals surface area (Å²) >= 11 is 0. The molecule has 21 heavy (non-hydrogen) atoms. The number of ether oxygens (including phenoxy) is 1. The first kappa shape index (κ1) is 14.7. The minimum atomic E-state index is -0.600. The number of anilines is 1. The lowest BCUT2D eigenvalue weighted by molar-refractivity contribution is 0.0526. The van der Waals surface area contributed by atoms with Crippen molar-refractivity contribution in [3.63, 3.8) is 0 Å². The van der Waals surface area contributed by atoms with E-state index < -0.39 is 17.7 Å². The average molecular weight is 287 g/mol. The normalized spacial score (nSPS) is 10.0. The number of esters is 1. The van der Waals surface area contributed by atoms with Crippen LogP contribution in [0.4, 0.5) is 10.1 Å². The van der Waals surface area contributed by atoms with Crippen molar-refractivity contribution in [3.05, 3.63) is 65.5 Å². The fourth-order valence-corrected chi connectivity index (χ4v) is 1.78. The third kappa shape index (κ3) is 3.66. The van der Waals surface area contributed by atoms with Gasteiger partial charge in [-0.2, -0.15) is 0 Å². The molecule has 0 saturated carbocycles. The summed E-state index contributed by atoms with van der Waals surface area (Å²) in [5, 5.41) is 2.55. The van der Waals surface area contributed by atoms with E-state index in [4.69, 9.17) is 4.74 Å². The Balaban J connectivity index is 2.17. The lowest BCUT2D eigenvalue weighted by atomic mass is 10.1. The Morgan fingerprint density at radius 3 is 2.62 bits per heavy atom. The van der Waals surface area contributed by atoms with Crippen molar-refractivity contribution in [1.82, 2.24) is 0 Å². The van der Waals surface area contributed by atoms with Crippen molar-refractivity contribution >= 4 is 17.6 Å². The molecule has 0 spiro atoms. The van der Waals surface area contributed by atoms with Gasteiger partial charge in [-0.1, -0.05) is 18.2 Å². The molecular weight excluding hydrogens is 273 g/mol. The summed E-state index contributed by atoms with van der Waals surface area (Å²) < 4.78 is 18.4. The lowest BCUT2D eigenvalue weighted by Crippen LogP contribution is -2.14. The van der Waals surface area contributed by atoms with Crippen LogP contribution in [0.1, 0.15) is 27.6 Å². The summed E-state index contributed by atoms with van der Waals surface area (Å²) in [5.74, 6) is -1.65. The van der Waals surface area contributed by atoms with Crippen LogP contribution in [-0.4, -0.2) is 18.5 Å². The summed E-state index contributed by atoms with van der Waals surface area (Å²) in [4.78, 5) is 23.6. The van der Waals surface area contributed by atoms with E-state index in [0.717, 1.165) is 0 Å². The molecule has 5 heteroatoms. The van der Waals surface area contributed by atoms with Crippen molar-refractivity contribution in [2.75, 3.05) is 11.9 Å². The average Bonchev–Trinajstić information content (AvgIpc) is 2.48.